The summed E-state index contributed by atoms with van der Waals surface area (Å²) < 4.78 is 0.0105. The first-order chi connectivity index (χ1) is 8.34. The summed E-state index contributed by atoms with van der Waals surface area (Å²) in [5.41, 5.74) is 0. The van der Waals surface area contributed by atoms with Crippen LogP contribution in [-0.4, -0.2) is 40.7 Å². The Morgan fingerprint density at radius 2 is 2.06 bits per heavy atom. The lowest BCUT2D eigenvalue weighted by Gasteiger charge is -2.23. The van der Waals surface area contributed by atoms with Crippen LogP contribution in [0.25, 0.3) is 0 Å². The molecule has 0 spiro atoms. The predicted octanol–water partition coefficient (Wildman–Crippen LogP) is 1.68. The Morgan fingerprint density at radius 1 is 1.39 bits per heavy atom. The lowest BCUT2D eigenvalue weighted by Crippen LogP contribution is -2.45. The molecule has 0 heterocycles. The molecule has 0 saturated heterocycles. The molecule has 0 aliphatic heterocycles. The second-order valence-corrected chi connectivity index (χ2v) is 6.85. The van der Waals surface area contributed by atoms with Gasteiger partial charge in [-0.3, -0.25) is 4.79 Å². The fourth-order valence-corrected chi connectivity index (χ4v) is 2.16. The second kappa shape index (κ2) is 6.31. The van der Waals surface area contributed by atoms with Crippen LogP contribution in [0.1, 0.15) is 33.1 Å². The van der Waals surface area contributed by atoms with Gasteiger partial charge in [0, 0.05) is 17.3 Å². The molecule has 18 heavy (non-hydrogen) atoms. The molecule has 1 fully saturated rings. The summed E-state index contributed by atoms with van der Waals surface area (Å²) in [6.07, 6.45) is 3.94. The summed E-state index contributed by atoms with van der Waals surface area (Å²) in [6, 6.07) is -0.211. The molecular weight excluding hydrogens is 252 g/mol. The van der Waals surface area contributed by atoms with E-state index in [1.165, 1.54) is 0 Å². The van der Waals surface area contributed by atoms with Crippen LogP contribution >= 0.6 is 11.8 Å². The molecule has 1 aliphatic carbocycles. The van der Waals surface area contributed by atoms with E-state index in [9.17, 15) is 9.59 Å². The minimum atomic E-state index is -0.761. The molecule has 1 aliphatic rings. The second-order valence-electron chi connectivity index (χ2n) is 5.34. The zero-order valence-corrected chi connectivity index (χ0v) is 12.0. The summed E-state index contributed by atoms with van der Waals surface area (Å²) in [5, 5.41) is 14.5. The molecule has 5 nitrogen and oxygen atoms in total. The summed E-state index contributed by atoms with van der Waals surface area (Å²) in [4.78, 5) is 22.5. The number of nitrogens with one attached hydrogen (secondary N) is 2. The zero-order chi connectivity index (χ0) is 13.8. The van der Waals surface area contributed by atoms with Gasteiger partial charge in [0.15, 0.2) is 0 Å². The van der Waals surface area contributed by atoms with E-state index < -0.39 is 5.97 Å². The van der Waals surface area contributed by atoms with E-state index in [1.807, 2.05) is 6.26 Å². The molecule has 0 bridgehead atoms. The highest BCUT2D eigenvalue weighted by Gasteiger charge is 2.30. The fourth-order valence-electron chi connectivity index (χ4n) is 1.94. The molecule has 0 aromatic heterocycles. The van der Waals surface area contributed by atoms with Crippen molar-refractivity contribution in [3.8, 4) is 0 Å². The van der Waals surface area contributed by atoms with Crippen LogP contribution < -0.4 is 10.6 Å². The number of rotatable bonds is 5. The minimum absolute atomic E-state index is 0.0105. The first kappa shape index (κ1) is 15.1. The van der Waals surface area contributed by atoms with E-state index in [0.717, 1.165) is 6.42 Å². The minimum Gasteiger partial charge on any atom is -0.481 e. The van der Waals surface area contributed by atoms with Gasteiger partial charge in [-0.05, 0) is 39.4 Å². The smallest absolute Gasteiger partial charge is 0.315 e. The third-order valence-electron chi connectivity index (χ3n) is 3.34. The van der Waals surface area contributed by atoms with Crippen molar-refractivity contribution >= 4 is 23.8 Å². The number of amides is 2. The van der Waals surface area contributed by atoms with Crippen LogP contribution in [0.4, 0.5) is 4.79 Å². The van der Waals surface area contributed by atoms with E-state index in [2.05, 4.69) is 24.5 Å². The van der Waals surface area contributed by atoms with Crippen molar-refractivity contribution in [2.24, 2.45) is 5.92 Å². The Balaban J connectivity index is 2.28. The summed E-state index contributed by atoms with van der Waals surface area (Å²) in [6.45, 7) is 4.72. The maximum absolute atomic E-state index is 11.7. The number of carbonyl (C=O) groups is 2. The lowest BCUT2D eigenvalue weighted by molar-refractivity contribution is -0.141. The molecule has 0 aromatic rings. The van der Waals surface area contributed by atoms with Crippen LogP contribution in [0, 0.1) is 5.92 Å². The molecule has 1 saturated carbocycles. The molecular formula is C12H22N2O3S. The van der Waals surface area contributed by atoms with Crippen molar-refractivity contribution in [2.45, 2.75) is 43.9 Å². The van der Waals surface area contributed by atoms with Crippen molar-refractivity contribution in [3.63, 3.8) is 0 Å². The standard InChI is InChI=1S/C12H22N2O3S/c1-12(2,18-3)7-13-11(17)14-9-5-4-8(6-9)10(15)16/h8-9H,4-7H2,1-3H3,(H,15,16)(H2,13,14,17)/t8-,9+/m1/s1. The highest BCUT2D eigenvalue weighted by atomic mass is 32.2. The van der Waals surface area contributed by atoms with Crippen LogP contribution in [-0.2, 0) is 4.79 Å². The molecule has 2 atom stereocenters. The molecule has 0 aromatic carbocycles. The Hall–Kier alpha value is -0.910. The number of urea groups is 1. The van der Waals surface area contributed by atoms with Crippen LogP contribution in [0.5, 0.6) is 0 Å². The van der Waals surface area contributed by atoms with E-state index in [1.54, 1.807) is 11.8 Å². The number of carboxylic acid groups (broad SMARTS) is 1. The monoisotopic (exact) mass is 274 g/mol. The number of aliphatic carboxylic acids is 1. The van der Waals surface area contributed by atoms with Gasteiger partial charge in [0.05, 0.1) is 5.92 Å². The van der Waals surface area contributed by atoms with Crippen LogP contribution in [0.2, 0.25) is 0 Å². The zero-order valence-electron chi connectivity index (χ0n) is 11.2. The van der Waals surface area contributed by atoms with Crippen LogP contribution in [0.15, 0.2) is 0 Å². The highest BCUT2D eigenvalue weighted by Crippen LogP contribution is 2.25. The Bertz CT molecular complexity index is 320. The molecule has 1 rings (SSSR count). The number of carboxylic acids is 1. The normalized spacial score (nSPS) is 23.7. The Labute approximate surface area is 112 Å². The molecule has 0 radical (unpaired) electrons. The predicted molar refractivity (Wildman–Crippen MR) is 72.9 cm³/mol. The van der Waals surface area contributed by atoms with Gasteiger partial charge in [-0.1, -0.05) is 0 Å². The largest absolute Gasteiger partial charge is 0.481 e. The Kier molecular flexibility index (Phi) is 5.31. The van der Waals surface area contributed by atoms with Gasteiger partial charge in [-0.15, -0.1) is 0 Å². The SMILES string of the molecule is CSC(C)(C)CNC(=O)N[C@H]1CC[C@@H](C(=O)O)C1. The maximum Gasteiger partial charge on any atom is 0.315 e. The summed E-state index contributed by atoms with van der Waals surface area (Å²) in [7, 11) is 0. The van der Waals surface area contributed by atoms with Gasteiger partial charge in [0.25, 0.3) is 0 Å². The van der Waals surface area contributed by atoms with Gasteiger partial charge in [0.1, 0.15) is 0 Å². The van der Waals surface area contributed by atoms with Gasteiger partial charge in [-0.2, -0.15) is 11.8 Å². The third-order valence-corrected chi connectivity index (χ3v) is 4.59. The number of carbonyl (C=O) groups excluding carboxylic acids is 1. The first-order valence-electron chi connectivity index (χ1n) is 6.16. The Morgan fingerprint density at radius 3 is 2.56 bits per heavy atom. The molecule has 3 N–H and O–H groups in total. The number of thioether (sulfide) groups is 1. The average molecular weight is 274 g/mol. The van der Waals surface area contributed by atoms with Crippen molar-refractivity contribution in [1.82, 2.24) is 10.6 Å². The average Bonchev–Trinajstić information content (AvgIpc) is 2.75. The third kappa shape index (κ3) is 4.76. The summed E-state index contributed by atoms with van der Waals surface area (Å²) >= 11 is 1.70. The van der Waals surface area contributed by atoms with E-state index in [4.69, 9.17) is 5.11 Å². The van der Waals surface area contributed by atoms with Gasteiger partial charge < -0.3 is 15.7 Å². The van der Waals surface area contributed by atoms with Crippen molar-refractivity contribution in [1.29, 1.82) is 0 Å². The number of hydrogen-bond acceptors (Lipinski definition) is 3. The van der Waals surface area contributed by atoms with Gasteiger partial charge >= 0.3 is 12.0 Å². The summed E-state index contributed by atoms with van der Waals surface area (Å²) in [5.74, 6) is -1.07. The van der Waals surface area contributed by atoms with Gasteiger partial charge in [-0.25, -0.2) is 4.79 Å². The topological polar surface area (TPSA) is 78.4 Å². The molecule has 104 valence electrons. The van der Waals surface area contributed by atoms with E-state index in [0.29, 0.717) is 19.4 Å². The van der Waals surface area contributed by atoms with E-state index in [-0.39, 0.29) is 22.7 Å². The highest BCUT2D eigenvalue weighted by molar-refractivity contribution is 7.99. The van der Waals surface area contributed by atoms with E-state index >= 15 is 0 Å². The fraction of sp³-hybridized carbons (Fsp3) is 0.833. The number of hydrogen-bond donors (Lipinski definition) is 3. The molecule has 0 unspecified atom stereocenters. The molecule has 6 heteroatoms. The van der Waals surface area contributed by atoms with Crippen LogP contribution in [0.3, 0.4) is 0 Å². The van der Waals surface area contributed by atoms with Crippen molar-refractivity contribution in [3.05, 3.63) is 0 Å². The van der Waals surface area contributed by atoms with Gasteiger partial charge in [0.2, 0.25) is 0 Å². The maximum atomic E-state index is 11.7. The quantitative estimate of drug-likeness (QED) is 0.713. The van der Waals surface area contributed by atoms with Crippen molar-refractivity contribution < 1.29 is 14.7 Å². The van der Waals surface area contributed by atoms with Crippen molar-refractivity contribution in [2.75, 3.05) is 12.8 Å². The lowest BCUT2D eigenvalue weighted by atomic mass is 10.1. The molecule has 2 amide bonds. The first-order valence-corrected chi connectivity index (χ1v) is 7.39.